The fourth-order valence-corrected chi connectivity index (χ4v) is 3.39. The molecule has 2 fully saturated rings. The van der Waals surface area contributed by atoms with Crippen LogP contribution < -0.4 is 10.2 Å². The highest BCUT2D eigenvalue weighted by molar-refractivity contribution is 7.85. The van der Waals surface area contributed by atoms with Crippen LogP contribution in [0.1, 0.15) is 5.56 Å². The van der Waals surface area contributed by atoms with Crippen LogP contribution in [-0.4, -0.2) is 43.6 Å². The third-order valence-electron chi connectivity index (χ3n) is 4.41. The summed E-state index contributed by atoms with van der Waals surface area (Å²) in [6.07, 6.45) is 3.77. The molecule has 24 heavy (non-hydrogen) atoms. The second-order valence-corrected chi connectivity index (χ2v) is 7.60. The van der Waals surface area contributed by atoms with E-state index in [1.165, 1.54) is 30.9 Å². The lowest BCUT2D eigenvalue weighted by Crippen LogP contribution is -2.51. The maximum atomic E-state index is 10.5. The second kappa shape index (κ2) is 6.88. The monoisotopic (exact) mass is 347 g/mol. The lowest BCUT2D eigenvalue weighted by atomic mass is 9.96. The molecular formula is C17H21N3O3S. The molecule has 0 spiro atoms. The van der Waals surface area contributed by atoms with Crippen LogP contribution in [0.4, 0.5) is 5.69 Å². The van der Waals surface area contributed by atoms with Gasteiger partial charge in [0.25, 0.3) is 10.1 Å². The minimum absolute atomic E-state index is 0.0666. The van der Waals surface area contributed by atoms with Crippen LogP contribution in [0, 0.1) is 12.8 Å². The smallest absolute Gasteiger partial charge is 0.294 e. The molecule has 2 saturated heterocycles. The number of rotatable bonds is 2. The number of aromatic nitrogens is 1. The average molecular weight is 347 g/mol. The van der Waals surface area contributed by atoms with Gasteiger partial charge in [-0.2, -0.15) is 8.42 Å². The molecular weight excluding hydrogens is 326 g/mol. The first-order valence-corrected chi connectivity index (χ1v) is 9.30. The van der Waals surface area contributed by atoms with Gasteiger partial charge in [0.2, 0.25) is 0 Å². The van der Waals surface area contributed by atoms with E-state index in [2.05, 4.69) is 21.3 Å². The van der Waals surface area contributed by atoms with Gasteiger partial charge in [-0.1, -0.05) is 17.7 Å². The molecule has 2 aliphatic rings. The quantitative estimate of drug-likeness (QED) is 0.805. The number of fused-ring (bicyclic) bond motifs is 1. The molecule has 2 N–H and O–H groups in total. The normalized spacial score (nSPS) is 22.2. The predicted molar refractivity (Wildman–Crippen MR) is 92.7 cm³/mol. The van der Waals surface area contributed by atoms with Crippen molar-refractivity contribution in [3.63, 3.8) is 0 Å². The molecule has 6 nitrogen and oxygen atoms in total. The summed E-state index contributed by atoms with van der Waals surface area (Å²) in [5.74, 6) is 0.875. The number of hydrogen-bond acceptors (Lipinski definition) is 5. The maximum absolute atomic E-state index is 10.5. The molecule has 1 aromatic heterocycles. The first-order chi connectivity index (χ1) is 11.4. The Kier molecular flexibility index (Phi) is 4.84. The van der Waals surface area contributed by atoms with Crippen molar-refractivity contribution >= 4 is 15.8 Å². The number of pyridine rings is 1. The molecule has 0 aliphatic carbocycles. The molecule has 4 rings (SSSR count). The van der Waals surface area contributed by atoms with E-state index >= 15 is 0 Å². The van der Waals surface area contributed by atoms with Crippen molar-refractivity contribution in [3.8, 4) is 0 Å². The van der Waals surface area contributed by atoms with Crippen LogP contribution in [0.5, 0.6) is 0 Å². The van der Waals surface area contributed by atoms with Crippen LogP contribution in [0.2, 0.25) is 0 Å². The van der Waals surface area contributed by atoms with Crippen molar-refractivity contribution in [2.75, 3.05) is 24.5 Å². The molecule has 1 aromatic carbocycles. The maximum Gasteiger partial charge on any atom is 0.294 e. The summed E-state index contributed by atoms with van der Waals surface area (Å²) in [6.45, 7) is 5.38. The van der Waals surface area contributed by atoms with E-state index in [0.29, 0.717) is 0 Å². The van der Waals surface area contributed by atoms with E-state index in [0.717, 1.165) is 24.1 Å². The van der Waals surface area contributed by atoms with Gasteiger partial charge < -0.3 is 10.2 Å². The standard InChI is InChI=1S/C10H13N3.C7H8O3S/c1-2-9(5-11-3-1)13-6-8-4-12-10(8)7-13;1-6-2-4-7(5-3-6)11(8,9)10/h1-3,5,8,10,12H,4,6-7H2;2-5H,1H3,(H,8,9,10)/t8-,10+;/m1./s1. The minimum atomic E-state index is -4.02. The Morgan fingerprint density at radius 3 is 2.42 bits per heavy atom. The number of nitrogens with zero attached hydrogens (tertiary/aromatic N) is 2. The van der Waals surface area contributed by atoms with Crippen molar-refractivity contribution in [1.29, 1.82) is 0 Å². The third-order valence-corrected chi connectivity index (χ3v) is 5.28. The van der Waals surface area contributed by atoms with Gasteiger partial charge in [0, 0.05) is 37.8 Å². The summed E-state index contributed by atoms with van der Waals surface area (Å²) in [5, 5.41) is 3.45. The van der Waals surface area contributed by atoms with E-state index in [1.807, 2.05) is 25.4 Å². The van der Waals surface area contributed by atoms with Gasteiger partial charge in [0.05, 0.1) is 16.8 Å². The zero-order valence-corrected chi connectivity index (χ0v) is 14.3. The van der Waals surface area contributed by atoms with Crippen LogP contribution in [0.3, 0.4) is 0 Å². The van der Waals surface area contributed by atoms with Crippen molar-refractivity contribution < 1.29 is 13.0 Å². The van der Waals surface area contributed by atoms with Gasteiger partial charge >= 0.3 is 0 Å². The van der Waals surface area contributed by atoms with Gasteiger partial charge in [-0.25, -0.2) is 0 Å². The fourth-order valence-electron chi connectivity index (χ4n) is 2.91. The first-order valence-electron chi connectivity index (χ1n) is 7.86. The van der Waals surface area contributed by atoms with Crippen molar-refractivity contribution in [1.82, 2.24) is 10.3 Å². The largest absolute Gasteiger partial charge is 0.368 e. The Labute approximate surface area is 142 Å². The van der Waals surface area contributed by atoms with E-state index < -0.39 is 10.1 Å². The predicted octanol–water partition coefficient (Wildman–Crippen LogP) is 1.73. The van der Waals surface area contributed by atoms with Gasteiger partial charge in [-0.3, -0.25) is 9.54 Å². The number of aryl methyl sites for hydroxylation is 1. The summed E-state index contributed by atoms with van der Waals surface area (Å²) in [5.41, 5.74) is 2.22. The molecule has 2 aromatic rings. The first kappa shape index (κ1) is 16.9. The Morgan fingerprint density at radius 1 is 1.21 bits per heavy atom. The van der Waals surface area contributed by atoms with Crippen molar-refractivity contribution in [3.05, 3.63) is 54.4 Å². The van der Waals surface area contributed by atoms with E-state index in [-0.39, 0.29) is 4.90 Å². The van der Waals surface area contributed by atoms with E-state index in [1.54, 1.807) is 12.1 Å². The summed E-state index contributed by atoms with van der Waals surface area (Å²) in [4.78, 5) is 6.49. The molecule has 128 valence electrons. The molecule has 0 bridgehead atoms. The highest BCUT2D eigenvalue weighted by Crippen LogP contribution is 2.27. The highest BCUT2D eigenvalue weighted by Gasteiger charge is 2.38. The van der Waals surface area contributed by atoms with Crippen molar-refractivity contribution in [2.45, 2.75) is 17.9 Å². The molecule has 2 atom stereocenters. The Bertz CT molecular complexity index is 766. The molecule has 0 unspecified atom stereocenters. The summed E-state index contributed by atoms with van der Waals surface area (Å²) in [7, 11) is -4.02. The molecule has 0 amide bonds. The molecule has 2 aliphatic heterocycles. The topological polar surface area (TPSA) is 82.5 Å². The molecule has 7 heteroatoms. The highest BCUT2D eigenvalue weighted by atomic mass is 32.2. The fraction of sp³-hybridized carbons (Fsp3) is 0.353. The second-order valence-electron chi connectivity index (χ2n) is 6.18. The van der Waals surface area contributed by atoms with Gasteiger partial charge in [0.1, 0.15) is 0 Å². The molecule has 3 heterocycles. The van der Waals surface area contributed by atoms with Crippen LogP contribution >= 0.6 is 0 Å². The SMILES string of the molecule is Cc1ccc(S(=O)(=O)O)cc1.c1cncc(N2C[C@H]3CN[C@H]3C2)c1. The summed E-state index contributed by atoms with van der Waals surface area (Å²) in [6, 6.07) is 10.9. The Balaban J connectivity index is 0.000000144. The Morgan fingerprint density at radius 2 is 1.96 bits per heavy atom. The molecule has 0 saturated carbocycles. The van der Waals surface area contributed by atoms with E-state index in [4.69, 9.17) is 4.55 Å². The van der Waals surface area contributed by atoms with Gasteiger partial charge in [-0.15, -0.1) is 0 Å². The zero-order chi connectivity index (χ0) is 17.2. The third kappa shape index (κ3) is 3.92. The van der Waals surface area contributed by atoms with Crippen molar-refractivity contribution in [2.24, 2.45) is 5.92 Å². The summed E-state index contributed by atoms with van der Waals surface area (Å²) < 4.78 is 29.6. The average Bonchev–Trinajstić information content (AvgIpc) is 2.83. The number of nitrogens with one attached hydrogen (secondary N) is 1. The minimum Gasteiger partial charge on any atom is -0.368 e. The van der Waals surface area contributed by atoms with Gasteiger partial charge in [0.15, 0.2) is 0 Å². The van der Waals surface area contributed by atoms with E-state index in [9.17, 15) is 8.42 Å². The Hall–Kier alpha value is -1.96. The zero-order valence-electron chi connectivity index (χ0n) is 13.5. The number of anilines is 1. The van der Waals surface area contributed by atoms with Crippen LogP contribution in [0.25, 0.3) is 0 Å². The molecule has 0 radical (unpaired) electrons. The number of hydrogen-bond donors (Lipinski definition) is 2. The lowest BCUT2D eigenvalue weighted by Gasteiger charge is -2.29. The lowest BCUT2D eigenvalue weighted by molar-refractivity contribution is 0.297. The van der Waals surface area contributed by atoms with Crippen LogP contribution in [-0.2, 0) is 10.1 Å². The summed E-state index contributed by atoms with van der Waals surface area (Å²) >= 11 is 0. The van der Waals surface area contributed by atoms with Crippen LogP contribution in [0.15, 0.2) is 53.7 Å². The van der Waals surface area contributed by atoms with Gasteiger partial charge in [-0.05, 0) is 31.2 Å². The number of benzene rings is 1.